The first-order valence-corrected chi connectivity index (χ1v) is 10.5. The Morgan fingerprint density at radius 2 is 1.79 bits per heavy atom. The third kappa shape index (κ3) is 4.79. The molecular formula is C24H31N3S. The Kier molecular flexibility index (Phi) is 6.50. The molecule has 0 radical (unpaired) electrons. The van der Waals surface area contributed by atoms with Gasteiger partial charge in [-0.15, -0.1) is 0 Å². The average molecular weight is 394 g/mol. The summed E-state index contributed by atoms with van der Waals surface area (Å²) in [6.45, 7) is 10.5. The van der Waals surface area contributed by atoms with E-state index in [4.69, 9.17) is 17.2 Å². The van der Waals surface area contributed by atoms with Gasteiger partial charge in [-0.05, 0) is 56.0 Å². The maximum absolute atomic E-state index is 5.73. The van der Waals surface area contributed by atoms with Crippen LogP contribution in [0, 0.1) is 12.8 Å². The van der Waals surface area contributed by atoms with Crippen LogP contribution in [0.5, 0.6) is 0 Å². The lowest BCUT2D eigenvalue weighted by molar-refractivity contribution is 0.248. The number of nitrogens with one attached hydrogen (secondary N) is 1. The molecule has 3 nitrogen and oxygen atoms in total. The van der Waals surface area contributed by atoms with Crippen molar-refractivity contribution >= 4 is 23.2 Å². The van der Waals surface area contributed by atoms with E-state index in [1.165, 1.54) is 16.7 Å². The normalized spacial score (nSPS) is 20.8. The van der Waals surface area contributed by atoms with E-state index in [1.807, 2.05) is 6.07 Å². The van der Waals surface area contributed by atoms with Gasteiger partial charge in [0.05, 0.1) is 12.1 Å². The van der Waals surface area contributed by atoms with Gasteiger partial charge in [-0.25, -0.2) is 0 Å². The molecule has 148 valence electrons. The van der Waals surface area contributed by atoms with Crippen molar-refractivity contribution in [2.24, 2.45) is 10.9 Å². The number of hydrogen-bond acceptors (Lipinski definition) is 2. The number of rotatable bonds is 7. The molecular weight excluding hydrogens is 362 g/mol. The van der Waals surface area contributed by atoms with Crippen LogP contribution in [0.3, 0.4) is 0 Å². The number of aryl methyl sites for hydroxylation is 1. The van der Waals surface area contributed by atoms with Crippen molar-refractivity contribution in [2.75, 3.05) is 6.54 Å². The highest BCUT2D eigenvalue weighted by atomic mass is 32.1. The van der Waals surface area contributed by atoms with Gasteiger partial charge in [-0.2, -0.15) is 0 Å². The number of hydrogen-bond donors (Lipinski definition) is 1. The van der Waals surface area contributed by atoms with E-state index >= 15 is 0 Å². The van der Waals surface area contributed by atoms with E-state index in [9.17, 15) is 0 Å². The Bertz CT molecular complexity index is 844. The molecule has 0 saturated carbocycles. The molecule has 0 aromatic heterocycles. The van der Waals surface area contributed by atoms with Gasteiger partial charge in [0.25, 0.3) is 0 Å². The standard InChI is InChI=1S/C24H31N3S/c1-18(2)16-24(4)22(25-17-21-10-6-5-7-11-21)26-23(28)27(24)14-13-20-12-8-9-19(3)15-20/h5-12,15,18H,13-14,16-17H2,1-4H3,(H,25,26,28). The molecule has 1 heterocycles. The van der Waals surface area contributed by atoms with E-state index in [-0.39, 0.29) is 5.54 Å². The van der Waals surface area contributed by atoms with Crippen molar-refractivity contribution in [2.45, 2.75) is 52.6 Å². The van der Waals surface area contributed by atoms with Crippen LogP contribution in [0.1, 0.15) is 43.9 Å². The topological polar surface area (TPSA) is 27.6 Å². The fourth-order valence-electron chi connectivity index (χ4n) is 4.08. The molecule has 0 aliphatic carbocycles. The molecule has 0 spiro atoms. The first-order valence-electron chi connectivity index (χ1n) is 10.1. The minimum atomic E-state index is -0.191. The Morgan fingerprint density at radius 1 is 1.07 bits per heavy atom. The van der Waals surface area contributed by atoms with Crippen LogP contribution < -0.4 is 5.32 Å². The molecule has 1 saturated heterocycles. The zero-order chi connectivity index (χ0) is 20.1. The Morgan fingerprint density at radius 3 is 2.46 bits per heavy atom. The molecule has 1 N–H and O–H groups in total. The van der Waals surface area contributed by atoms with Crippen molar-refractivity contribution in [1.82, 2.24) is 10.2 Å². The zero-order valence-electron chi connectivity index (χ0n) is 17.4. The van der Waals surface area contributed by atoms with Crippen molar-refractivity contribution in [3.05, 3.63) is 71.3 Å². The molecule has 1 aliphatic rings. The molecule has 4 heteroatoms. The number of amidine groups is 1. The van der Waals surface area contributed by atoms with Gasteiger partial charge in [0.1, 0.15) is 5.84 Å². The van der Waals surface area contributed by atoms with Gasteiger partial charge < -0.3 is 10.2 Å². The van der Waals surface area contributed by atoms with Gasteiger partial charge in [0, 0.05) is 6.54 Å². The summed E-state index contributed by atoms with van der Waals surface area (Å²) in [5.74, 6) is 1.55. The second-order valence-electron chi connectivity index (χ2n) is 8.34. The highest BCUT2D eigenvalue weighted by molar-refractivity contribution is 7.80. The quantitative estimate of drug-likeness (QED) is 0.661. The van der Waals surface area contributed by atoms with Crippen LogP contribution in [0.4, 0.5) is 0 Å². The molecule has 28 heavy (non-hydrogen) atoms. The largest absolute Gasteiger partial charge is 0.336 e. The van der Waals surface area contributed by atoms with E-state index in [0.29, 0.717) is 12.5 Å². The zero-order valence-corrected chi connectivity index (χ0v) is 18.2. The lowest BCUT2D eigenvalue weighted by atomic mass is 9.88. The molecule has 3 rings (SSSR count). The first-order chi connectivity index (χ1) is 13.4. The highest BCUT2D eigenvalue weighted by Crippen LogP contribution is 2.30. The van der Waals surface area contributed by atoms with E-state index < -0.39 is 0 Å². The van der Waals surface area contributed by atoms with Gasteiger partial charge in [-0.3, -0.25) is 4.99 Å². The first kappa shape index (κ1) is 20.5. The summed E-state index contributed by atoms with van der Waals surface area (Å²) < 4.78 is 0. The predicted molar refractivity (Wildman–Crippen MR) is 123 cm³/mol. The smallest absolute Gasteiger partial charge is 0.175 e. The number of thiocarbonyl (C=S) groups is 1. The van der Waals surface area contributed by atoms with Crippen molar-refractivity contribution in [3.63, 3.8) is 0 Å². The van der Waals surface area contributed by atoms with Crippen molar-refractivity contribution < 1.29 is 0 Å². The minimum absolute atomic E-state index is 0.191. The summed E-state index contributed by atoms with van der Waals surface area (Å²) in [5, 5.41) is 4.22. The van der Waals surface area contributed by atoms with Crippen LogP contribution >= 0.6 is 12.2 Å². The summed E-state index contributed by atoms with van der Waals surface area (Å²) in [6, 6.07) is 19.1. The maximum Gasteiger partial charge on any atom is 0.175 e. The third-order valence-electron chi connectivity index (χ3n) is 5.35. The monoisotopic (exact) mass is 393 g/mol. The Hall–Kier alpha value is -2.20. The summed E-state index contributed by atoms with van der Waals surface area (Å²) in [5.41, 5.74) is 3.68. The fourth-order valence-corrected chi connectivity index (χ4v) is 4.47. The van der Waals surface area contributed by atoms with E-state index in [1.54, 1.807) is 0 Å². The highest BCUT2D eigenvalue weighted by Gasteiger charge is 2.45. The molecule has 0 amide bonds. The average Bonchev–Trinajstić information content (AvgIpc) is 2.88. The molecule has 2 aromatic carbocycles. The van der Waals surface area contributed by atoms with Gasteiger partial charge in [-0.1, -0.05) is 74.0 Å². The summed E-state index contributed by atoms with van der Waals surface area (Å²) in [4.78, 5) is 7.29. The van der Waals surface area contributed by atoms with Gasteiger partial charge in [0.15, 0.2) is 5.11 Å². The Labute approximate surface area is 174 Å². The molecule has 0 bridgehead atoms. The van der Waals surface area contributed by atoms with Crippen molar-refractivity contribution in [3.8, 4) is 0 Å². The number of benzene rings is 2. The van der Waals surface area contributed by atoms with E-state index in [0.717, 1.165) is 30.3 Å². The number of aliphatic imine (C=N–C) groups is 1. The van der Waals surface area contributed by atoms with Gasteiger partial charge in [0.2, 0.25) is 0 Å². The lowest BCUT2D eigenvalue weighted by Gasteiger charge is -2.36. The molecule has 1 unspecified atom stereocenters. The summed E-state index contributed by atoms with van der Waals surface area (Å²) in [7, 11) is 0. The molecule has 1 atom stereocenters. The van der Waals surface area contributed by atoms with Crippen LogP contribution in [-0.4, -0.2) is 27.9 Å². The molecule has 2 aromatic rings. The summed E-state index contributed by atoms with van der Waals surface area (Å²) in [6.07, 6.45) is 1.99. The maximum atomic E-state index is 5.73. The van der Waals surface area contributed by atoms with Crippen molar-refractivity contribution in [1.29, 1.82) is 0 Å². The van der Waals surface area contributed by atoms with Gasteiger partial charge >= 0.3 is 0 Å². The summed E-state index contributed by atoms with van der Waals surface area (Å²) >= 11 is 5.73. The second kappa shape index (κ2) is 8.87. The lowest BCUT2D eigenvalue weighted by Crippen LogP contribution is -2.48. The Balaban J connectivity index is 1.81. The van der Waals surface area contributed by atoms with Crippen LogP contribution in [0.25, 0.3) is 0 Å². The molecule has 1 aliphatic heterocycles. The second-order valence-corrected chi connectivity index (χ2v) is 8.73. The van der Waals surface area contributed by atoms with Crippen LogP contribution in [0.2, 0.25) is 0 Å². The van der Waals surface area contributed by atoms with Crippen LogP contribution in [0.15, 0.2) is 59.6 Å². The molecule has 1 fully saturated rings. The SMILES string of the molecule is Cc1cccc(CCN2C(=S)NC(=NCc3ccccc3)C2(C)CC(C)C)c1. The third-order valence-corrected chi connectivity index (χ3v) is 5.67. The fraction of sp³-hybridized carbons (Fsp3) is 0.417. The number of nitrogens with zero attached hydrogens (tertiary/aromatic N) is 2. The van der Waals surface area contributed by atoms with E-state index in [2.05, 4.69) is 86.4 Å². The minimum Gasteiger partial charge on any atom is -0.336 e. The predicted octanol–water partition coefficient (Wildman–Crippen LogP) is 5.13. The van der Waals surface area contributed by atoms with Crippen LogP contribution in [-0.2, 0) is 13.0 Å².